The van der Waals surface area contributed by atoms with Gasteiger partial charge in [-0.3, -0.25) is 4.21 Å². The highest BCUT2D eigenvalue weighted by molar-refractivity contribution is 7.84. The van der Waals surface area contributed by atoms with E-state index in [2.05, 4.69) is 6.07 Å². The molecule has 0 aliphatic rings. The molecule has 0 heterocycles. The molecule has 2 aromatic carbocycles. The molecule has 0 amide bonds. The molecule has 4 nitrogen and oxygen atoms in total. The third-order valence-corrected chi connectivity index (χ3v) is 4.62. The Labute approximate surface area is 130 Å². The van der Waals surface area contributed by atoms with E-state index in [1.807, 2.05) is 0 Å². The molecule has 1 atom stereocenters. The summed E-state index contributed by atoms with van der Waals surface area (Å²) in [6.45, 7) is 0. The number of nitrogens with zero attached hydrogens (tertiary/aromatic N) is 1. The van der Waals surface area contributed by atoms with Gasteiger partial charge in [0.1, 0.15) is 11.8 Å². The molecule has 2 rings (SSSR count). The fourth-order valence-corrected chi connectivity index (χ4v) is 3.18. The van der Waals surface area contributed by atoms with Gasteiger partial charge in [-0.1, -0.05) is 17.7 Å². The molecular weight excluding hydrogens is 308 g/mol. The van der Waals surface area contributed by atoms with Gasteiger partial charge in [-0.2, -0.15) is 5.26 Å². The van der Waals surface area contributed by atoms with Crippen molar-refractivity contribution in [1.29, 1.82) is 5.26 Å². The zero-order chi connectivity index (χ0) is 15.4. The Bertz CT molecular complexity index is 741. The number of hydrogen-bond donors (Lipinski definition) is 1. The second-order valence-electron chi connectivity index (χ2n) is 4.32. The number of nitrogen functional groups attached to an aromatic ring is 1. The van der Waals surface area contributed by atoms with Crippen LogP contribution in [0.3, 0.4) is 0 Å². The molecule has 2 N–H and O–H groups in total. The Morgan fingerprint density at radius 3 is 2.71 bits per heavy atom. The second-order valence-corrected chi connectivity index (χ2v) is 6.18. The number of methoxy groups -OCH3 is 1. The third kappa shape index (κ3) is 3.54. The van der Waals surface area contributed by atoms with Gasteiger partial charge in [-0.15, -0.1) is 0 Å². The maximum Gasteiger partial charge on any atom is 0.136 e. The van der Waals surface area contributed by atoms with Crippen molar-refractivity contribution < 1.29 is 8.95 Å². The molecule has 0 fully saturated rings. The van der Waals surface area contributed by atoms with Crippen molar-refractivity contribution >= 4 is 28.1 Å². The molecule has 0 aromatic heterocycles. The van der Waals surface area contributed by atoms with Crippen molar-refractivity contribution in [3.05, 3.63) is 52.5 Å². The van der Waals surface area contributed by atoms with Crippen LogP contribution in [0.25, 0.3) is 0 Å². The van der Waals surface area contributed by atoms with Crippen molar-refractivity contribution in [3.63, 3.8) is 0 Å². The van der Waals surface area contributed by atoms with Crippen LogP contribution < -0.4 is 10.5 Å². The summed E-state index contributed by atoms with van der Waals surface area (Å²) in [5.74, 6) is 0.793. The Morgan fingerprint density at radius 2 is 2.10 bits per heavy atom. The van der Waals surface area contributed by atoms with Crippen molar-refractivity contribution in [1.82, 2.24) is 0 Å². The van der Waals surface area contributed by atoms with Crippen molar-refractivity contribution in [3.8, 4) is 11.8 Å². The topological polar surface area (TPSA) is 76.1 Å². The van der Waals surface area contributed by atoms with Crippen LogP contribution >= 0.6 is 11.6 Å². The van der Waals surface area contributed by atoms with E-state index in [1.54, 1.807) is 36.4 Å². The third-order valence-electron chi connectivity index (χ3n) is 2.92. The van der Waals surface area contributed by atoms with Crippen molar-refractivity contribution in [2.45, 2.75) is 10.6 Å². The number of rotatable bonds is 4. The first kappa shape index (κ1) is 15.4. The lowest BCUT2D eigenvalue weighted by Crippen LogP contribution is -1.99. The Hall–Kier alpha value is -2.03. The SMILES string of the molecule is COc1ccc(CS(=O)c2ccc(N)c(Cl)c2)cc1C#N. The van der Waals surface area contributed by atoms with Gasteiger partial charge in [0.2, 0.25) is 0 Å². The molecule has 0 saturated heterocycles. The molecule has 0 aliphatic carbocycles. The molecular formula is C15H13ClN2O2S. The van der Waals surface area contributed by atoms with Crippen LogP contribution in [0.4, 0.5) is 5.69 Å². The monoisotopic (exact) mass is 320 g/mol. The number of hydrogen-bond acceptors (Lipinski definition) is 4. The van der Waals surface area contributed by atoms with Crippen LogP contribution in [-0.4, -0.2) is 11.3 Å². The minimum absolute atomic E-state index is 0.291. The van der Waals surface area contributed by atoms with Crippen LogP contribution in [0.5, 0.6) is 5.75 Å². The molecule has 0 radical (unpaired) electrons. The van der Waals surface area contributed by atoms with E-state index in [1.165, 1.54) is 7.11 Å². The molecule has 2 aromatic rings. The highest BCUT2D eigenvalue weighted by Crippen LogP contribution is 2.24. The zero-order valence-corrected chi connectivity index (χ0v) is 12.9. The van der Waals surface area contributed by atoms with Gasteiger partial charge in [-0.25, -0.2) is 0 Å². The summed E-state index contributed by atoms with van der Waals surface area (Å²) < 4.78 is 17.4. The zero-order valence-electron chi connectivity index (χ0n) is 11.3. The predicted molar refractivity (Wildman–Crippen MR) is 83.7 cm³/mol. The Balaban J connectivity index is 2.23. The van der Waals surface area contributed by atoms with E-state index < -0.39 is 10.8 Å². The van der Waals surface area contributed by atoms with E-state index in [4.69, 9.17) is 27.3 Å². The lowest BCUT2D eigenvalue weighted by molar-refractivity contribution is 0.413. The standard InChI is InChI=1S/C15H13ClN2O2S/c1-20-15-5-2-10(6-11(15)8-17)9-21(19)12-3-4-14(18)13(16)7-12/h2-7H,9,18H2,1H3. The Kier molecular flexibility index (Phi) is 4.84. The van der Waals surface area contributed by atoms with Crippen LogP contribution in [-0.2, 0) is 16.6 Å². The summed E-state index contributed by atoms with van der Waals surface area (Å²) in [5, 5.41) is 9.44. The molecule has 6 heteroatoms. The minimum Gasteiger partial charge on any atom is -0.495 e. The quantitative estimate of drug-likeness (QED) is 0.878. The molecule has 1 unspecified atom stereocenters. The molecule has 0 bridgehead atoms. The number of anilines is 1. The second kappa shape index (κ2) is 6.61. The average Bonchev–Trinajstić information content (AvgIpc) is 2.49. The van der Waals surface area contributed by atoms with Crippen molar-refractivity contribution in [2.75, 3.05) is 12.8 Å². The summed E-state index contributed by atoms with van der Waals surface area (Å²) in [6.07, 6.45) is 0. The fraction of sp³-hybridized carbons (Fsp3) is 0.133. The number of nitriles is 1. The summed E-state index contributed by atoms with van der Waals surface area (Å²) in [5.41, 5.74) is 7.29. The first-order chi connectivity index (χ1) is 10.0. The predicted octanol–water partition coefficient (Wildman–Crippen LogP) is 3.11. The fourth-order valence-electron chi connectivity index (χ4n) is 1.82. The first-order valence-corrected chi connectivity index (χ1v) is 7.75. The van der Waals surface area contributed by atoms with Gasteiger partial charge in [0.05, 0.1) is 39.9 Å². The lowest BCUT2D eigenvalue weighted by atomic mass is 10.1. The van der Waals surface area contributed by atoms with E-state index in [-0.39, 0.29) is 0 Å². The van der Waals surface area contributed by atoms with Gasteiger partial charge in [-0.05, 0) is 35.9 Å². The van der Waals surface area contributed by atoms with E-state index in [0.717, 1.165) is 5.56 Å². The summed E-state index contributed by atoms with van der Waals surface area (Å²) in [7, 11) is 0.242. The lowest BCUT2D eigenvalue weighted by Gasteiger charge is -2.07. The largest absolute Gasteiger partial charge is 0.495 e. The van der Waals surface area contributed by atoms with Crippen LogP contribution in [0.1, 0.15) is 11.1 Å². The maximum absolute atomic E-state index is 12.3. The van der Waals surface area contributed by atoms with Gasteiger partial charge in [0.25, 0.3) is 0 Å². The molecule has 0 aliphatic heterocycles. The van der Waals surface area contributed by atoms with E-state index >= 15 is 0 Å². The molecule has 21 heavy (non-hydrogen) atoms. The molecule has 0 spiro atoms. The highest BCUT2D eigenvalue weighted by Gasteiger charge is 2.10. The minimum atomic E-state index is -1.26. The number of nitrogens with two attached hydrogens (primary N) is 1. The normalized spacial score (nSPS) is 11.7. The van der Waals surface area contributed by atoms with Gasteiger partial charge >= 0.3 is 0 Å². The Morgan fingerprint density at radius 1 is 1.33 bits per heavy atom. The first-order valence-electron chi connectivity index (χ1n) is 6.05. The summed E-state index contributed by atoms with van der Waals surface area (Å²) in [4.78, 5) is 0.600. The number of ether oxygens (including phenoxy) is 1. The van der Waals surface area contributed by atoms with E-state index in [9.17, 15) is 4.21 Å². The van der Waals surface area contributed by atoms with Gasteiger partial charge < -0.3 is 10.5 Å². The van der Waals surface area contributed by atoms with Crippen molar-refractivity contribution in [2.24, 2.45) is 0 Å². The highest BCUT2D eigenvalue weighted by atomic mass is 35.5. The summed E-state index contributed by atoms with van der Waals surface area (Å²) >= 11 is 5.93. The maximum atomic E-state index is 12.3. The molecule has 108 valence electrons. The van der Waals surface area contributed by atoms with Crippen LogP contribution in [0.15, 0.2) is 41.3 Å². The number of benzene rings is 2. The van der Waals surface area contributed by atoms with Gasteiger partial charge in [0, 0.05) is 4.90 Å². The van der Waals surface area contributed by atoms with Crippen LogP contribution in [0, 0.1) is 11.3 Å². The van der Waals surface area contributed by atoms with Crippen LogP contribution in [0.2, 0.25) is 5.02 Å². The summed E-state index contributed by atoms with van der Waals surface area (Å²) in [6, 6.07) is 12.1. The smallest absolute Gasteiger partial charge is 0.136 e. The number of halogens is 1. The van der Waals surface area contributed by atoms with E-state index in [0.29, 0.717) is 32.7 Å². The average molecular weight is 321 g/mol. The van der Waals surface area contributed by atoms with Gasteiger partial charge in [0.15, 0.2) is 0 Å². The molecule has 0 saturated carbocycles.